The van der Waals surface area contributed by atoms with E-state index in [1.165, 1.54) is 11.3 Å². The van der Waals surface area contributed by atoms with Gasteiger partial charge in [0, 0.05) is 24.0 Å². The lowest BCUT2D eigenvalue weighted by atomic mass is 10.2. The lowest BCUT2D eigenvalue weighted by molar-refractivity contribution is 1.07. The third kappa shape index (κ3) is 2.40. The first-order chi connectivity index (χ1) is 10.9. The van der Waals surface area contributed by atoms with Crippen LogP contribution in [0.1, 0.15) is 4.88 Å². The average molecular weight is 305 g/mol. The summed E-state index contributed by atoms with van der Waals surface area (Å²) in [5.74, 6) is 0. The number of rotatable bonds is 2. The van der Waals surface area contributed by atoms with Crippen LogP contribution in [0.15, 0.2) is 70.7 Å². The van der Waals surface area contributed by atoms with Crippen molar-refractivity contribution in [2.75, 3.05) is 0 Å². The van der Waals surface area contributed by atoms with Gasteiger partial charge in [0.25, 0.3) is 0 Å². The van der Waals surface area contributed by atoms with Crippen LogP contribution in [0.3, 0.4) is 0 Å². The van der Waals surface area contributed by atoms with Crippen molar-refractivity contribution in [3.8, 4) is 0 Å². The molecule has 0 aliphatic heterocycles. The lowest BCUT2D eigenvalue weighted by Gasteiger charge is -1.88. The van der Waals surface area contributed by atoms with E-state index in [1.54, 1.807) is 17.9 Å². The average Bonchev–Trinajstić information content (AvgIpc) is 3.18. The first-order valence-electron chi connectivity index (χ1n) is 6.72. The normalized spacial score (nSPS) is 12.6. The van der Waals surface area contributed by atoms with E-state index in [0.717, 1.165) is 21.3 Å². The van der Waals surface area contributed by atoms with Gasteiger partial charge in [0.15, 0.2) is 5.49 Å². The SMILES string of the molecule is C(=NN=c1nc2ccccc2cn2cccc12)c1cncs1. The quantitative estimate of drug-likeness (QED) is 0.422. The molecule has 106 valence electrons. The largest absolute Gasteiger partial charge is 0.320 e. The van der Waals surface area contributed by atoms with E-state index in [2.05, 4.69) is 20.2 Å². The Kier molecular flexibility index (Phi) is 3.21. The summed E-state index contributed by atoms with van der Waals surface area (Å²) in [6, 6.07) is 11.9. The van der Waals surface area contributed by atoms with Crippen LogP contribution in [0, 0.1) is 0 Å². The van der Waals surface area contributed by atoms with E-state index < -0.39 is 0 Å². The topological polar surface area (TPSA) is 54.9 Å². The van der Waals surface area contributed by atoms with Crippen LogP contribution >= 0.6 is 11.3 Å². The molecule has 22 heavy (non-hydrogen) atoms. The number of aromatic nitrogens is 3. The molecule has 0 bridgehead atoms. The molecule has 0 amide bonds. The van der Waals surface area contributed by atoms with Crippen molar-refractivity contribution in [3.05, 3.63) is 70.9 Å². The van der Waals surface area contributed by atoms with Gasteiger partial charge in [-0.15, -0.1) is 16.4 Å². The molecule has 0 unspecified atom stereocenters. The second-order valence-electron chi connectivity index (χ2n) is 4.67. The number of thiazole rings is 1. The zero-order valence-corrected chi connectivity index (χ0v) is 12.3. The van der Waals surface area contributed by atoms with Crippen LogP contribution in [0.2, 0.25) is 0 Å². The Morgan fingerprint density at radius 3 is 3.00 bits per heavy atom. The number of hydrogen-bond donors (Lipinski definition) is 0. The minimum absolute atomic E-state index is 0.590. The summed E-state index contributed by atoms with van der Waals surface area (Å²) in [5, 5.41) is 9.48. The van der Waals surface area contributed by atoms with Crippen LogP contribution in [0.5, 0.6) is 0 Å². The monoisotopic (exact) mass is 305 g/mol. The first kappa shape index (κ1) is 12.8. The molecule has 0 saturated heterocycles. The van der Waals surface area contributed by atoms with Crippen molar-refractivity contribution >= 4 is 34.0 Å². The van der Waals surface area contributed by atoms with E-state index in [1.807, 2.05) is 53.2 Å². The molecule has 6 heteroatoms. The second-order valence-corrected chi connectivity index (χ2v) is 5.59. The highest BCUT2D eigenvalue weighted by molar-refractivity contribution is 7.11. The molecular formula is C16H11N5S. The Morgan fingerprint density at radius 2 is 2.09 bits per heavy atom. The van der Waals surface area contributed by atoms with Crippen LogP contribution < -0.4 is 5.49 Å². The van der Waals surface area contributed by atoms with Crippen molar-refractivity contribution in [2.24, 2.45) is 10.2 Å². The minimum Gasteiger partial charge on any atom is -0.320 e. The smallest absolute Gasteiger partial charge is 0.199 e. The molecule has 0 aliphatic carbocycles. The lowest BCUT2D eigenvalue weighted by Crippen LogP contribution is -2.06. The summed E-state index contributed by atoms with van der Waals surface area (Å²) in [6.45, 7) is 0. The van der Waals surface area contributed by atoms with E-state index in [0.29, 0.717) is 5.49 Å². The number of fused-ring (bicyclic) bond motifs is 2. The predicted octanol–water partition coefficient (Wildman–Crippen LogP) is 2.88. The molecule has 3 aromatic heterocycles. The van der Waals surface area contributed by atoms with Crippen LogP contribution in [-0.2, 0) is 0 Å². The van der Waals surface area contributed by atoms with Gasteiger partial charge in [0.05, 0.1) is 27.6 Å². The summed E-state index contributed by atoms with van der Waals surface area (Å²) in [5.41, 5.74) is 4.16. The molecule has 0 atom stereocenters. The van der Waals surface area contributed by atoms with Crippen molar-refractivity contribution in [3.63, 3.8) is 0 Å². The number of benzene rings is 1. The van der Waals surface area contributed by atoms with E-state index in [-0.39, 0.29) is 0 Å². The summed E-state index contributed by atoms with van der Waals surface area (Å²) in [4.78, 5) is 9.61. The van der Waals surface area contributed by atoms with Crippen LogP contribution in [0.4, 0.5) is 0 Å². The van der Waals surface area contributed by atoms with Crippen molar-refractivity contribution in [1.29, 1.82) is 0 Å². The van der Waals surface area contributed by atoms with Gasteiger partial charge in [-0.2, -0.15) is 5.10 Å². The Balaban J connectivity index is 1.96. The molecule has 0 spiro atoms. The van der Waals surface area contributed by atoms with Gasteiger partial charge in [-0.05, 0) is 18.2 Å². The predicted molar refractivity (Wildman–Crippen MR) is 88.0 cm³/mol. The van der Waals surface area contributed by atoms with Gasteiger partial charge < -0.3 is 4.40 Å². The summed E-state index contributed by atoms with van der Waals surface area (Å²) in [6.07, 6.45) is 7.47. The zero-order valence-electron chi connectivity index (χ0n) is 11.5. The molecule has 0 saturated carbocycles. The van der Waals surface area contributed by atoms with Crippen molar-refractivity contribution < 1.29 is 0 Å². The third-order valence-corrected chi connectivity index (χ3v) is 3.95. The van der Waals surface area contributed by atoms with Crippen LogP contribution in [-0.4, -0.2) is 20.6 Å². The molecule has 5 nitrogen and oxygen atoms in total. The number of para-hydroxylation sites is 1. The highest BCUT2D eigenvalue weighted by Crippen LogP contribution is 2.09. The highest BCUT2D eigenvalue weighted by Gasteiger charge is 1.99. The van der Waals surface area contributed by atoms with E-state index in [9.17, 15) is 0 Å². The zero-order chi connectivity index (χ0) is 14.8. The number of nitrogens with zero attached hydrogens (tertiary/aromatic N) is 5. The third-order valence-electron chi connectivity index (χ3n) is 3.24. The maximum absolute atomic E-state index is 4.64. The molecule has 0 fully saturated rings. The maximum Gasteiger partial charge on any atom is 0.199 e. The minimum atomic E-state index is 0.590. The molecule has 0 N–H and O–H groups in total. The fourth-order valence-corrected chi connectivity index (χ4v) is 2.69. The standard InChI is InChI=1S/C16H11N5S/c1-2-5-14-12(4-1)10-21-7-3-6-15(21)16(19-14)20-18-9-13-8-17-11-22-13/h1-11H. The van der Waals surface area contributed by atoms with Gasteiger partial charge >= 0.3 is 0 Å². The molecule has 1 aromatic carbocycles. The molecule has 0 aliphatic rings. The summed E-state index contributed by atoms with van der Waals surface area (Å²) < 4.78 is 2.01. The maximum atomic E-state index is 4.64. The molecule has 4 rings (SSSR count). The van der Waals surface area contributed by atoms with Gasteiger partial charge in [0.2, 0.25) is 0 Å². The Morgan fingerprint density at radius 1 is 1.14 bits per heavy atom. The van der Waals surface area contributed by atoms with Gasteiger partial charge in [-0.25, -0.2) is 4.98 Å². The fourth-order valence-electron chi connectivity index (χ4n) is 2.22. The molecule has 0 radical (unpaired) electrons. The van der Waals surface area contributed by atoms with Crippen LogP contribution in [0.25, 0.3) is 16.4 Å². The fraction of sp³-hybridized carbons (Fsp3) is 0. The van der Waals surface area contributed by atoms with E-state index >= 15 is 0 Å². The number of hydrogen-bond acceptors (Lipinski definition) is 5. The van der Waals surface area contributed by atoms with Crippen molar-refractivity contribution in [1.82, 2.24) is 14.4 Å². The van der Waals surface area contributed by atoms with Crippen molar-refractivity contribution in [2.45, 2.75) is 0 Å². The molecular weight excluding hydrogens is 294 g/mol. The Labute approximate surface area is 130 Å². The van der Waals surface area contributed by atoms with Gasteiger partial charge in [0.1, 0.15) is 0 Å². The summed E-state index contributed by atoms with van der Waals surface area (Å²) >= 11 is 1.52. The highest BCUT2D eigenvalue weighted by atomic mass is 32.1. The Bertz CT molecular complexity index is 1030. The second kappa shape index (κ2) is 5.50. The summed E-state index contributed by atoms with van der Waals surface area (Å²) in [7, 11) is 0. The Hall–Kier alpha value is -2.86. The molecule has 3 heterocycles. The molecule has 4 aromatic rings. The van der Waals surface area contributed by atoms with Gasteiger partial charge in [-0.1, -0.05) is 18.2 Å². The van der Waals surface area contributed by atoms with E-state index in [4.69, 9.17) is 0 Å². The van der Waals surface area contributed by atoms with Gasteiger partial charge in [-0.3, -0.25) is 4.98 Å². The first-order valence-corrected chi connectivity index (χ1v) is 7.60.